The second kappa shape index (κ2) is 9.01. The van der Waals surface area contributed by atoms with Crippen molar-refractivity contribution in [2.45, 2.75) is 76.6 Å². The summed E-state index contributed by atoms with van der Waals surface area (Å²) in [5.74, 6) is 0. The van der Waals surface area contributed by atoms with E-state index in [2.05, 4.69) is 0 Å². The Bertz CT molecular complexity index is 507. The molecule has 2 rings (SSSR count). The molecular formula is C19H28F3NO2. The molecule has 1 aliphatic rings. The fourth-order valence-corrected chi connectivity index (χ4v) is 3.45. The Kier molecular flexibility index (Phi) is 7.28. The van der Waals surface area contributed by atoms with Gasteiger partial charge in [-0.1, -0.05) is 30.3 Å². The standard InChI is InChI=1S/C19H28F3NO2/c1-14(2)25-17-10-6-9-16(11-17)23(13-18(24)19(20,21)22)12-15-7-4-3-5-8-15/h3-5,7-8,14,16-18,24H,6,9-13H2,1-2H3. The maximum Gasteiger partial charge on any atom is 0.415 e. The molecular weight excluding hydrogens is 331 g/mol. The summed E-state index contributed by atoms with van der Waals surface area (Å²) in [7, 11) is 0. The summed E-state index contributed by atoms with van der Waals surface area (Å²) >= 11 is 0. The Morgan fingerprint density at radius 2 is 1.88 bits per heavy atom. The van der Waals surface area contributed by atoms with Gasteiger partial charge in [0, 0.05) is 19.1 Å². The lowest BCUT2D eigenvalue weighted by atomic mass is 9.91. The largest absolute Gasteiger partial charge is 0.415 e. The molecule has 6 heteroatoms. The van der Waals surface area contributed by atoms with Crippen LogP contribution in [0, 0.1) is 0 Å². The Labute approximate surface area is 147 Å². The highest BCUT2D eigenvalue weighted by Crippen LogP contribution is 2.29. The number of halogens is 3. The molecule has 0 spiro atoms. The molecule has 0 amide bonds. The average molecular weight is 359 g/mol. The van der Waals surface area contributed by atoms with Gasteiger partial charge in [-0.15, -0.1) is 0 Å². The van der Waals surface area contributed by atoms with Crippen molar-refractivity contribution in [2.75, 3.05) is 6.54 Å². The van der Waals surface area contributed by atoms with Gasteiger partial charge < -0.3 is 9.84 Å². The molecule has 1 aliphatic carbocycles. The molecule has 1 fully saturated rings. The van der Waals surface area contributed by atoms with E-state index in [1.165, 1.54) is 0 Å². The molecule has 0 aliphatic heterocycles. The van der Waals surface area contributed by atoms with Gasteiger partial charge in [-0.2, -0.15) is 13.2 Å². The zero-order valence-corrected chi connectivity index (χ0v) is 14.9. The molecule has 0 bridgehead atoms. The molecule has 1 aromatic carbocycles. The van der Waals surface area contributed by atoms with Crippen LogP contribution >= 0.6 is 0 Å². The Morgan fingerprint density at radius 1 is 1.20 bits per heavy atom. The van der Waals surface area contributed by atoms with E-state index < -0.39 is 18.8 Å². The average Bonchev–Trinajstić information content (AvgIpc) is 2.54. The van der Waals surface area contributed by atoms with E-state index in [0.717, 1.165) is 24.8 Å². The summed E-state index contributed by atoms with van der Waals surface area (Å²) in [5, 5.41) is 9.58. The van der Waals surface area contributed by atoms with Crippen LogP contribution in [-0.2, 0) is 11.3 Å². The number of nitrogens with zero attached hydrogens (tertiary/aromatic N) is 1. The Hall–Kier alpha value is -1.11. The van der Waals surface area contributed by atoms with Gasteiger partial charge >= 0.3 is 6.18 Å². The Morgan fingerprint density at radius 3 is 2.48 bits per heavy atom. The second-order valence-corrected chi connectivity index (χ2v) is 7.10. The van der Waals surface area contributed by atoms with Crippen molar-refractivity contribution in [2.24, 2.45) is 0 Å². The van der Waals surface area contributed by atoms with Gasteiger partial charge in [-0.25, -0.2) is 0 Å². The van der Waals surface area contributed by atoms with E-state index in [9.17, 15) is 18.3 Å². The SMILES string of the molecule is CC(C)OC1CCCC(N(Cc2ccccc2)CC(O)C(F)(F)F)C1. The number of alkyl halides is 3. The molecule has 0 aromatic heterocycles. The van der Waals surface area contributed by atoms with E-state index >= 15 is 0 Å². The van der Waals surface area contributed by atoms with Crippen LogP contribution in [0.5, 0.6) is 0 Å². The van der Waals surface area contributed by atoms with E-state index in [1.54, 1.807) is 4.90 Å². The van der Waals surface area contributed by atoms with Crippen molar-refractivity contribution >= 4 is 0 Å². The van der Waals surface area contributed by atoms with Gasteiger partial charge in [0.05, 0.1) is 12.2 Å². The number of ether oxygens (including phenoxy) is 1. The number of hydrogen-bond donors (Lipinski definition) is 1. The predicted octanol–water partition coefficient (Wildman–Crippen LogP) is 4.15. The molecule has 1 saturated carbocycles. The first kappa shape index (κ1) is 20.2. The zero-order valence-electron chi connectivity index (χ0n) is 14.9. The lowest BCUT2D eigenvalue weighted by Crippen LogP contribution is -2.47. The third kappa shape index (κ3) is 6.60. The summed E-state index contributed by atoms with van der Waals surface area (Å²) in [6, 6.07) is 9.41. The van der Waals surface area contributed by atoms with Crippen molar-refractivity contribution in [1.82, 2.24) is 4.90 Å². The number of rotatable bonds is 7. The molecule has 0 heterocycles. The predicted molar refractivity (Wildman–Crippen MR) is 91.2 cm³/mol. The van der Waals surface area contributed by atoms with Crippen LogP contribution < -0.4 is 0 Å². The van der Waals surface area contributed by atoms with Crippen LogP contribution in [0.1, 0.15) is 45.1 Å². The smallest absolute Gasteiger partial charge is 0.382 e. The second-order valence-electron chi connectivity index (χ2n) is 7.10. The van der Waals surface area contributed by atoms with Crippen LogP contribution in [0.15, 0.2) is 30.3 Å². The lowest BCUT2D eigenvalue weighted by Gasteiger charge is -2.39. The first-order valence-electron chi connectivity index (χ1n) is 8.94. The minimum absolute atomic E-state index is 0.0188. The van der Waals surface area contributed by atoms with Gasteiger partial charge in [0.15, 0.2) is 6.10 Å². The molecule has 25 heavy (non-hydrogen) atoms. The normalized spacial score (nSPS) is 23.2. The van der Waals surface area contributed by atoms with Crippen molar-refractivity contribution < 1.29 is 23.0 Å². The summed E-state index contributed by atoms with van der Waals surface area (Å²) in [4.78, 5) is 1.77. The van der Waals surface area contributed by atoms with Crippen LogP contribution in [0.25, 0.3) is 0 Å². The molecule has 3 atom stereocenters. The molecule has 0 saturated heterocycles. The third-order valence-corrected chi connectivity index (χ3v) is 4.59. The van der Waals surface area contributed by atoms with E-state index in [4.69, 9.17) is 4.74 Å². The molecule has 3 nitrogen and oxygen atoms in total. The first-order chi connectivity index (χ1) is 11.8. The maximum absolute atomic E-state index is 12.9. The molecule has 142 valence electrons. The highest BCUT2D eigenvalue weighted by Gasteiger charge is 2.40. The minimum atomic E-state index is -4.60. The first-order valence-corrected chi connectivity index (χ1v) is 8.94. The fourth-order valence-electron chi connectivity index (χ4n) is 3.45. The maximum atomic E-state index is 12.9. The van der Waals surface area contributed by atoms with Crippen LogP contribution in [0.2, 0.25) is 0 Å². The summed E-state index contributed by atoms with van der Waals surface area (Å²) in [6.45, 7) is 3.93. The molecule has 1 N–H and O–H groups in total. The van der Waals surface area contributed by atoms with Crippen LogP contribution in [0.4, 0.5) is 13.2 Å². The van der Waals surface area contributed by atoms with Crippen molar-refractivity contribution in [3.05, 3.63) is 35.9 Å². The van der Waals surface area contributed by atoms with E-state index in [1.807, 2.05) is 44.2 Å². The number of hydrogen-bond acceptors (Lipinski definition) is 3. The summed E-state index contributed by atoms with van der Waals surface area (Å²) < 4.78 is 44.5. The van der Waals surface area contributed by atoms with Crippen molar-refractivity contribution in [1.29, 1.82) is 0 Å². The van der Waals surface area contributed by atoms with E-state index in [-0.39, 0.29) is 18.2 Å². The number of aliphatic hydroxyl groups excluding tert-OH is 1. The molecule has 1 aromatic rings. The van der Waals surface area contributed by atoms with Crippen LogP contribution in [-0.4, -0.2) is 47.1 Å². The van der Waals surface area contributed by atoms with Gasteiger partial charge in [0.1, 0.15) is 0 Å². The van der Waals surface area contributed by atoms with Gasteiger partial charge in [-0.3, -0.25) is 4.90 Å². The highest BCUT2D eigenvalue weighted by atomic mass is 19.4. The van der Waals surface area contributed by atoms with Crippen molar-refractivity contribution in [3.8, 4) is 0 Å². The summed E-state index contributed by atoms with van der Waals surface area (Å²) in [6.07, 6.45) is -3.36. The Balaban J connectivity index is 2.09. The quantitative estimate of drug-likeness (QED) is 0.794. The fraction of sp³-hybridized carbons (Fsp3) is 0.684. The van der Waals surface area contributed by atoms with Gasteiger partial charge in [-0.05, 0) is 45.1 Å². The van der Waals surface area contributed by atoms with Gasteiger partial charge in [0.25, 0.3) is 0 Å². The van der Waals surface area contributed by atoms with E-state index in [0.29, 0.717) is 13.0 Å². The topological polar surface area (TPSA) is 32.7 Å². The number of benzene rings is 1. The highest BCUT2D eigenvalue weighted by molar-refractivity contribution is 5.14. The monoisotopic (exact) mass is 359 g/mol. The van der Waals surface area contributed by atoms with Crippen molar-refractivity contribution in [3.63, 3.8) is 0 Å². The zero-order chi connectivity index (χ0) is 18.4. The molecule has 3 unspecified atom stereocenters. The van der Waals surface area contributed by atoms with Gasteiger partial charge in [0.2, 0.25) is 0 Å². The lowest BCUT2D eigenvalue weighted by molar-refractivity contribution is -0.210. The third-order valence-electron chi connectivity index (χ3n) is 4.59. The molecule has 0 radical (unpaired) electrons. The summed E-state index contributed by atoms with van der Waals surface area (Å²) in [5.41, 5.74) is 0.948. The minimum Gasteiger partial charge on any atom is -0.382 e. The number of aliphatic hydroxyl groups is 1. The van der Waals surface area contributed by atoms with Crippen LogP contribution in [0.3, 0.4) is 0 Å².